The Balaban J connectivity index is 0.000000250. The molecular weight excluding hydrogens is 704 g/mol. The molecule has 0 N–H and O–H groups in total. The highest BCUT2D eigenvalue weighted by molar-refractivity contribution is 7.97. The van der Waals surface area contributed by atoms with Crippen molar-refractivity contribution in [3.8, 4) is 5.75 Å². The minimum Gasteiger partial charge on any atom is -0.743 e. The number of ether oxygens (including phenoxy) is 2. The van der Waals surface area contributed by atoms with Gasteiger partial charge in [-0.15, -0.1) is 0 Å². The fourth-order valence-electron chi connectivity index (χ4n) is 4.32. The minimum atomic E-state index is -6.80. The maximum Gasteiger partial charge on any atom is 0.432 e. The summed E-state index contributed by atoms with van der Waals surface area (Å²) in [7, 11) is -6.81. The molecule has 0 spiro atoms. The van der Waals surface area contributed by atoms with Gasteiger partial charge in [0.25, 0.3) is 6.10 Å². The summed E-state index contributed by atoms with van der Waals surface area (Å²) in [5.41, 5.74) is -0.512. The van der Waals surface area contributed by atoms with Gasteiger partial charge in [0.15, 0.2) is 24.8 Å². The molecule has 0 aliphatic carbocycles. The average Bonchev–Trinajstić information content (AvgIpc) is 3.07. The van der Waals surface area contributed by atoms with E-state index in [4.69, 9.17) is 4.74 Å². The lowest BCUT2D eigenvalue weighted by atomic mass is 10.1. The van der Waals surface area contributed by atoms with Crippen LogP contribution in [-0.2, 0) is 30.5 Å². The van der Waals surface area contributed by atoms with Crippen LogP contribution in [0.15, 0.2) is 154 Å². The first-order valence-electron chi connectivity index (χ1n) is 14.4. The second-order valence-corrected chi connectivity index (χ2v) is 14.0. The topological polar surface area (TPSA) is 110 Å². The van der Waals surface area contributed by atoms with E-state index in [2.05, 4.69) is 102 Å². The summed E-state index contributed by atoms with van der Waals surface area (Å²) in [5.74, 6) is -2.56. The van der Waals surface area contributed by atoms with E-state index < -0.39 is 45.2 Å². The molecule has 50 heavy (non-hydrogen) atoms. The van der Waals surface area contributed by atoms with Crippen molar-refractivity contribution >= 4 is 43.7 Å². The largest absolute Gasteiger partial charge is 0.743 e. The van der Waals surface area contributed by atoms with Crippen LogP contribution in [0.25, 0.3) is 10.8 Å². The lowest BCUT2D eigenvalue weighted by Crippen LogP contribution is -2.52. The summed E-state index contributed by atoms with van der Waals surface area (Å²) < 4.78 is 106. The zero-order valence-corrected chi connectivity index (χ0v) is 27.6. The van der Waals surface area contributed by atoms with E-state index in [9.17, 15) is 44.5 Å². The number of esters is 2. The Kier molecular flexibility index (Phi) is 11.8. The molecule has 1 atom stereocenters. The van der Waals surface area contributed by atoms with Crippen molar-refractivity contribution in [3.63, 3.8) is 0 Å². The van der Waals surface area contributed by atoms with E-state index in [1.165, 1.54) is 45.9 Å². The molecule has 0 heterocycles. The van der Waals surface area contributed by atoms with Crippen LogP contribution in [0, 0.1) is 0 Å². The molecule has 5 rings (SSSR count). The molecule has 0 fully saturated rings. The molecule has 7 nitrogen and oxygen atoms in total. The maximum atomic E-state index is 13.5. The third-order valence-corrected chi connectivity index (χ3v) is 9.82. The van der Waals surface area contributed by atoms with Gasteiger partial charge in [-0.2, -0.15) is 22.0 Å². The molecule has 1 unspecified atom stereocenters. The number of alkyl halides is 5. The molecule has 0 saturated heterocycles. The third-order valence-electron chi connectivity index (χ3n) is 6.70. The SMILES string of the molecule is C=C(C)C(=O)Oc1ccc2cc(C(=O)OC(C(F)(F)F)C(F)(F)S(=O)(=O)[O-])ccc2c1.c1ccc([S+](c2ccccc2)c2ccccc2)cc1. The molecule has 0 bridgehead atoms. The lowest BCUT2D eigenvalue weighted by molar-refractivity contribution is -0.248. The molecule has 14 heteroatoms. The molecule has 0 aliphatic rings. The van der Waals surface area contributed by atoms with Crippen molar-refractivity contribution in [2.24, 2.45) is 0 Å². The Morgan fingerprint density at radius 1 is 0.720 bits per heavy atom. The highest BCUT2D eigenvalue weighted by atomic mass is 32.2. The van der Waals surface area contributed by atoms with Gasteiger partial charge in [0.1, 0.15) is 5.75 Å². The molecule has 0 radical (unpaired) electrons. The van der Waals surface area contributed by atoms with Crippen LogP contribution >= 0.6 is 0 Å². The smallest absolute Gasteiger partial charge is 0.432 e. The van der Waals surface area contributed by atoms with Gasteiger partial charge < -0.3 is 14.0 Å². The van der Waals surface area contributed by atoms with Crippen molar-refractivity contribution in [2.75, 3.05) is 0 Å². The Bertz CT molecular complexity index is 1980. The van der Waals surface area contributed by atoms with Crippen molar-refractivity contribution in [1.82, 2.24) is 0 Å². The number of hydrogen-bond acceptors (Lipinski definition) is 7. The predicted molar refractivity (Wildman–Crippen MR) is 176 cm³/mol. The Hall–Kier alpha value is -5.05. The van der Waals surface area contributed by atoms with Gasteiger partial charge in [-0.3, -0.25) is 0 Å². The molecule has 0 saturated carbocycles. The van der Waals surface area contributed by atoms with Crippen molar-refractivity contribution in [1.29, 1.82) is 0 Å². The van der Waals surface area contributed by atoms with Gasteiger partial charge in [-0.05, 0) is 78.4 Å². The van der Waals surface area contributed by atoms with Crippen LogP contribution < -0.4 is 4.74 Å². The Morgan fingerprint density at radius 2 is 1.16 bits per heavy atom. The van der Waals surface area contributed by atoms with E-state index in [1.807, 2.05) is 0 Å². The number of fused-ring (bicyclic) bond motifs is 1. The van der Waals surface area contributed by atoms with Crippen LogP contribution in [0.4, 0.5) is 22.0 Å². The van der Waals surface area contributed by atoms with Gasteiger partial charge in [0.05, 0.1) is 16.5 Å². The number of hydrogen-bond donors (Lipinski definition) is 0. The number of rotatable bonds is 9. The van der Waals surface area contributed by atoms with Gasteiger partial charge in [0.2, 0.25) is 0 Å². The fourth-order valence-corrected chi connectivity index (χ4v) is 6.87. The molecule has 0 aliphatic heterocycles. The first-order chi connectivity index (χ1) is 23.5. The van der Waals surface area contributed by atoms with Gasteiger partial charge in [-0.25, -0.2) is 18.0 Å². The standard InChI is InChI=1S/C18H13F5O7S.C18H15S/c1-9(2)14(24)29-13-6-5-10-7-12(4-3-11(10)8-13)15(25)30-16(17(19,20)21)18(22,23)31(26,27)28;1-4-10-16(11-5-1)19(17-12-6-2-7-13-17)18-14-8-3-9-15-18/h3-8,16H,1H2,2H3,(H,26,27,28);1-15H/q;+1/p-1. The highest BCUT2D eigenvalue weighted by Crippen LogP contribution is 2.38. The first-order valence-corrected chi connectivity index (χ1v) is 17.0. The summed E-state index contributed by atoms with van der Waals surface area (Å²) in [6.07, 6.45) is -10.6. The van der Waals surface area contributed by atoms with Crippen molar-refractivity contribution in [3.05, 3.63) is 145 Å². The van der Waals surface area contributed by atoms with E-state index in [0.717, 1.165) is 12.1 Å². The molecular formula is C36H27F5O7S2. The average molecular weight is 731 g/mol. The van der Waals surface area contributed by atoms with Gasteiger partial charge in [-0.1, -0.05) is 73.3 Å². The highest BCUT2D eigenvalue weighted by Gasteiger charge is 2.63. The predicted octanol–water partition coefficient (Wildman–Crippen LogP) is 8.33. The molecule has 5 aromatic rings. The molecule has 0 aromatic heterocycles. The number of benzene rings is 5. The quantitative estimate of drug-likeness (QED) is 0.0375. The first kappa shape index (κ1) is 37.8. The van der Waals surface area contributed by atoms with E-state index >= 15 is 0 Å². The molecule has 0 amide bonds. The van der Waals surface area contributed by atoms with Crippen LogP contribution in [0.5, 0.6) is 5.75 Å². The van der Waals surface area contributed by atoms with Gasteiger partial charge >= 0.3 is 23.4 Å². The third kappa shape index (κ3) is 9.34. The van der Waals surface area contributed by atoms with Gasteiger partial charge in [0, 0.05) is 5.57 Å². The van der Waals surface area contributed by atoms with Crippen LogP contribution in [0.1, 0.15) is 17.3 Å². The second-order valence-electron chi connectivity index (χ2n) is 10.5. The van der Waals surface area contributed by atoms with Crippen molar-refractivity contribution < 1.29 is 54.0 Å². The molecule has 260 valence electrons. The van der Waals surface area contributed by atoms with E-state index in [0.29, 0.717) is 5.39 Å². The van der Waals surface area contributed by atoms with Crippen LogP contribution in [-0.4, -0.2) is 42.4 Å². The summed E-state index contributed by atoms with van der Waals surface area (Å²) in [4.78, 5) is 27.6. The summed E-state index contributed by atoms with van der Waals surface area (Å²) in [6.45, 7) is 4.81. The van der Waals surface area contributed by atoms with E-state index in [-0.39, 0.29) is 27.6 Å². The Labute approximate surface area is 287 Å². The second kappa shape index (κ2) is 15.7. The fraction of sp³-hybridized carbons (Fsp3) is 0.111. The number of halogens is 5. The van der Waals surface area contributed by atoms with Crippen LogP contribution in [0.3, 0.4) is 0 Å². The number of carbonyl (C=O) groups excluding carboxylic acids is 2. The minimum absolute atomic E-state index is 0.0146. The summed E-state index contributed by atoms with van der Waals surface area (Å²) in [6, 6.07) is 39.2. The van der Waals surface area contributed by atoms with Crippen LogP contribution in [0.2, 0.25) is 0 Å². The van der Waals surface area contributed by atoms with E-state index in [1.54, 1.807) is 0 Å². The normalized spacial score (nSPS) is 12.4. The maximum absolute atomic E-state index is 13.5. The zero-order chi connectivity index (χ0) is 36.7. The number of carbonyl (C=O) groups is 2. The monoisotopic (exact) mass is 730 g/mol. The molecule has 5 aromatic carbocycles. The summed E-state index contributed by atoms with van der Waals surface area (Å²) in [5, 5.41) is -5.38. The Morgan fingerprint density at radius 3 is 1.58 bits per heavy atom. The lowest BCUT2D eigenvalue weighted by Gasteiger charge is -2.29. The van der Waals surface area contributed by atoms with Crippen molar-refractivity contribution in [2.45, 2.75) is 39.1 Å². The summed E-state index contributed by atoms with van der Waals surface area (Å²) >= 11 is 0. The zero-order valence-electron chi connectivity index (χ0n) is 26.0.